The molecule has 0 amide bonds. The van der Waals surface area contributed by atoms with Gasteiger partial charge in [0, 0.05) is 36.7 Å². The Hall–Kier alpha value is -2.51. The number of nitro groups is 1. The van der Waals surface area contributed by atoms with E-state index < -0.39 is 0 Å². The monoisotopic (exact) mass is 340 g/mol. The van der Waals surface area contributed by atoms with E-state index in [-0.39, 0.29) is 10.6 Å². The summed E-state index contributed by atoms with van der Waals surface area (Å²) in [6, 6.07) is 9.37. The maximum Gasteiger partial charge on any atom is 0.274 e. The molecule has 0 radical (unpaired) electrons. The van der Waals surface area contributed by atoms with Crippen molar-refractivity contribution in [2.24, 2.45) is 0 Å². The second kappa shape index (κ2) is 5.85. The van der Waals surface area contributed by atoms with Crippen molar-refractivity contribution in [2.75, 3.05) is 6.54 Å². The second-order valence-electron chi connectivity index (χ2n) is 5.82. The summed E-state index contributed by atoms with van der Waals surface area (Å²) in [5.74, 6) is 0. The van der Waals surface area contributed by atoms with Crippen LogP contribution < -0.4 is 5.32 Å². The summed E-state index contributed by atoms with van der Waals surface area (Å²) in [6.45, 7) is 3.41. The van der Waals surface area contributed by atoms with Crippen LogP contribution in [0.4, 0.5) is 5.69 Å². The average molecular weight is 340 g/mol. The number of aryl methyl sites for hydroxylation is 1. The van der Waals surface area contributed by atoms with E-state index in [0.29, 0.717) is 5.56 Å². The highest BCUT2D eigenvalue weighted by Gasteiger charge is 2.23. The van der Waals surface area contributed by atoms with Crippen molar-refractivity contribution in [3.05, 3.63) is 62.6 Å². The number of nitrogens with one attached hydrogen (secondary N) is 1. The van der Waals surface area contributed by atoms with E-state index in [2.05, 4.69) is 11.4 Å². The first-order chi connectivity index (χ1) is 11.6. The van der Waals surface area contributed by atoms with E-state index in [4.69, 9.17) is 5.10 Å². The number of fused-ring (bicyclic) bond motifs is 1. The summed E-state index contributed by atoms with van der Waals surface area (Å²) < 4.78 is 1.87. The molecule has 3 heterocycles. The van der Waals surface area contributed by atoms with Crippen molar-refractivity contribution in [1.29, 1.82) is 0 Å². The second-order valence-corrected chi connectivity index (χ2v) is 6.77. The molecule has 0 spiro atoms. The van der Waals surface area contributed by atoms with Gasteiger partial charge in [-0.15, -0.1) is 11.3 Å². The van der Waals surface area contributed by atoms with E-state index in [1.165, 1.54) is 5.56 Å². The first-order valence-corrected chi connectivity index (χ1v) is 8.64. The first-order valence-electron chi connectivity index (χ1n) is 7.76. The molecule has 0 fully saturated rings. The Balaban J connectivity index is 1.90. The van der Waals surface area contributed by atoms with Gasteiger partial charge in [-0.25, -0.2) is 4.68 Å². The van der Waals surface area contributed by atoms with Gasteiger partial charge in [0.1, 0.15) is 5.69 Å². The molecular weight excluding hydrogens is 324 g/mol. The van der Waals surface area contributed by atoms with Gasteiger partial charge in [0.25, 0.3) is 5.69 Å². The smallest absolute Gasteiger partial charge is 0.274 e. The van der Waals surface area contributed by atoms with Crippen molar-refractivity contribution in [3.63, 3.8) is 0 Å². The highest BCUT2D eigenvalue weighted by Crippen LogP contribution is 2.33. The molecule has 0 bridgehead atoms. The minimum absolute atomic E-state index is 0.128. The third-order valence-electron chi connectivity index (χ3n) is 4.32. The summed E-state index contributed by atoms with van der Waals surface area (Å²) >= 11 is 1.66. The van der Waals surface area contributed by atoms with Gasteiger partial charge in [-0.2, -0.15) is 5.10 Å². The van der Waals surface area contributed by atoms with Crippen LogP contribution in [0.25, 0.3) is 16.3 Å². The molecule has 0 atom stereocenters. The Bertz CT molecular complexity index is 915. The van der Waals surface area contributed by atoms with Crippen molar-refractivity contribution in [1.82, 2.24) is 15.1 Å². The Morgan fingerprint density at radius 3 is 3.00 bits per heavy atom. The highest BCUT2D eigenvalue weighted by molar-refractivity contribution is 7.13. The number of nitrogens with zero attached hydrogens (tertiary/aromatic N) is 3. The van der Waals surface area contributed by atoms with Gasteiger partial charge >= 0.3 is 0 Å². The van der Waals surface area contributed by atoms with Crippen LogP contribution in [0.1, 0.15) is 16.8 Å². The molecule has 122 valence electrons. The van der Waals surface area contributed by atoms with Crippen LogP contribution in [0, 0.1) is 17.0 Å². The lowest BCUT2D eigenvalue weighted by molar-refractivity contribution is -0.385. The van der Waals surface area contributed by atoms with Gasteiger partial charge in [0.2, 0.25) is 0 Å². The maximum absolute atomic E-state index is 11.3. The molecule has 4 rings (SSSR count). The van der Waals surface area contributed by atoms with Crippen LogP contribution in [0.2, 0.25) is 0 Å². The molecule has 1 aliphatic rings. The topological polar surface area (TPSA) is 73.0 Å². The minimum atomic E-state index is -0.337. The van der Waals surface area contributed by atoms with Crippen molar-refractivity contribution in [2.45, 2.75) is 19.9 Å². The zero-order valence-corrected chi connectivity index (χ0v) is 14.0. The Labute approximate surface area is 142 Å². The molecule has 1 N–H and O–H groups in total. The summed E-state index contributed by atoms with van der Waals surface area (Å²) in [7, 11) is 0. The Kier molecular flexibility index (Phi) is 3.66. The highest BCUT2D eigenvalue weighted by atomic mass is 32.1. The maximum atomic E-state index is 11.3. The number of thiophene rings is 1. The van der Waals surface area contributed by atoms with E-state index in [0.717, 1.165) is 41.5 Å². The fraction of sp³-hybridized carbons (Fsp3) is 0.235. The summed E-state index contributed by atoms with van der Waals surface area (Å²) in [4.78, 5) is 12.0. The average Bonchev–Trinajstić information content (AvgIpc) is 3.22. The van der Waals surface area contributed by atoms with Crippen LogP contribution >= 0.6 is 11.3 Å². The van der Waals surface area contributed by atoms with Gasteiger partial charge < -0.3 is 5.32 Å². The predicted octanol–water partition coefficient (Wildman–Crippen LogP) is 3.46. The van der Waals surface area contributed by atoms with Gasteiger partial charge in [0.15, 0.2) is 0 Å². The van der Waals surface area contributed by atoms with Crippen LogP contribution in [-0.4, -0.2) is 21.2 Å². The molecule has 6 nitrogen and oxygen atoms in total. The molecule has 3 aromatic rings. The molecule has 24 heavy (non-hydrogen) atoms. The van der Waals surface area contributed by atoms with E-state index in [9.17, 15) is 10.1 Å². The number of hydrogen-bond donors (Lipinski definition) is 1. The van der Waals surface area contributed by atoms with Gasteiger partial charge in [0.05, 0.1) is 21.2 Å². The van der Waals surface area contributed by atoms with Crippen LogP contribution in [0.5, 0.6) is 0 Å². The molecule has 0 saturated heterocycles. The SMILES string of the molecule is Cc1ccc(-n2nc(-c3cccs3)c3c2CCNC3)cc1[N+](=O)[O-]. The Morgan fingerprint density at radius 2 is 2.25 bits per heavy atom. The summed E-state index contributed by atoms with van der Waals surface area (Å²) in [5.41, 5.74) is 4.82. The van der Waals surface area contributed by atoms with Crippen LogP contribution in [-0.2, 0) is 13.0 Å². The van der Waals surface area contributed by atoms with Crippen LogP contribution in [0.15, 0.2) is 35.7 Å². The molecule has 1 aromatic carbocycles. The lowest BCUT2D eigenvalue weighted by atomic mass is 10.1. The normalized spacial score (nSPS) is 13.7. The van der Waals surface area contributed by atoms with Crippen LogP contribution in [0.3, 0.4) is 0 Å². The van der Waals surface area contributed by atoms with Gasteiger partial charge in [-0.3, -0.25) is 10.1 Å². The molecule has 1 aliphatic heterocycles. The number of nitro benzene ring substituents is 1. The standard InChI is InChI=1S/C17H16N4O2S/c1-11-4-5-12(9-15(11)21(22)23)20-14-6-7-18-10-13(14)17(19-20)16-3-2-8-24-16/h2-5,8-9,18H,6-7,10H2,1H3. The fourth-order valence-electron chi connectivity index (χ4n) is 3.10. The number of hydrogen-bond acceptors (Lipinski definition) is 5. The largest absolute Gasteiger partial charge is 0.312 e. The molecular formula is C17H16N4O2S. The van der Waals surface area contributed by atoms with Crippen molar-refractivity contribution >= 4 is 17.0 Å². The molecule has 2 aromatic heterocycles. The first kappa shape index (κ1) is 15.0. The van der Waals surface area contributed by atoms with E-state index in [1.54, 1.807) is 30.4 Å². The van der Waals surface area contributed by atoms with Gasteiger partial charge in [-0.05, 0) is 24.4 Å². The Morgan fingerprint density at radius 1 is 1.38 bits per heavy atom. The summed E-state index contributed by atoms with van der Waals surface area (Å²) in [5, 5.41) is 21.5. The minimum Gasteiger partial charge on any atom is -0.312 e. The molecule has 0 saturated carbocycles. The quantitative estimate of drug-likeness (QED) is 0.585. The number of rotatable bonds is 3. The lowest BCUT2D eigenvalue weighted by Gasteiger charge is -2.15. The number of aromatic nitrogens is 2. The lowest BCUT2D eigenvalue weighted by Crippen LogP contribution is -2.24. The zero-order chi connectivity index (χ0) is 16.7. The van der Waals surface area contributed by atoms with Crippen molar-refractivity contribution < 1.29 is 4.92 Å². The molecule has 7 heteroatoms. The van der Waals surface area contributed by atoms with E-state index in [1.807, 2.05) is 22.2 Å². The van der Waals surface area contributed by atoms with E-state index >= 15 is 0 Å². The summed E-state index contributed by atoms with van der Waals surface area (Å²) in [6.07, 6.45) is 0.857. The fourth-order valence-corrected chi connectivity index (χ4v) is 3.84. The third kappa shape index (κ3) is 2.42. The van der Waals surface area contributed by atoms with Crippen molar-refractivity contribution in [3.8, 4) is 16.3 Å². The molecule has 0 unspecified atom stereocenters. The third-order valence-corrected chi connectivity index (χ3v) is 5.20. The molecule has 0 aliphatic carbocycles. The van der Waals surface area contributed by atoms with Gasteiger partial charge in [-0.1, -0.05) is 12.1 Å². The number of benzene rings is 1. The zero-order valence-electron chi connectivity index (χ0n) is 13.2. The predicted molar refractivity (Wildman–Crippen MR) is 93.7 cm³/mol.